The van der Waals surface area contributed by atoms with Gasteiger partial charge in [-0.3, -0.25) is 4.57 Å². The van der Waals surface area contributed by atoms with E-state index in [1.807, 2.05) is 0 Å². The van der Waals surface area contributed by atoms with Crippen LogP contribution in [0.2, 0.25) is 0 Å². The molecule has 1 N–H and O–H groups in total. The summed E-state index contributed by atoms with van der Waals surface area (Å²) >= 11 is 0. The van der Waals surface area contributed by atoms with Gasteiger partial charge in [-0.05, 0) is 26.3 Å². The molecule has 0 saturated carbocycles. The topological polar surface area (TPSA) is 55.8 Å². The average molecular weight is 234 g/mol. The van der Waals surface area contributed by atoms with Crippen LogP contribution in [0.1, 0.15) is 20.3 Å². The highest BCUT2D eigenvalue weighted by Crippen LogP contribution is 2.54. The molecule has 0 aliphatic carbocycles. The van der Waals surface area contributed by atoms with Gasteiger partial charge in [0.05, 0.1) is 18.9 Å². The fourth-order valence-corrected chi connectivity index (χ4v) is 3.09. The molecule has 5 heteroatoms. The van der Waals surface area contributed by atoms with Gasteiger partial charge < -0.3 is 14.2 Å². The largest absolute Gasteiger partial charge is 0.396 e. The zero-order valence-electron chi connectivity index (χ0n) is 9.31. The Kier molecular flexibility index (Phi) is 7.67. The predicted molar refractivity (Wildman–Crippen MR) is 60.1 cm³/mol. The van der Waals surface area contributed by atoms with Crippen molar-refractivity contribution in [1.29, 1.82) is 0 Å². The summed E-state index contributed by atoms with van der Waals surface area (Å²) in [5.74, 6) is 0. The van der Waals surface area contributed by atoms with Crippen LogP contribution in [-0.2, 0) is 13.6 Å². The van der Waals surface area contributed by atoms with Crippen LogP contribution in [0.5, 0.6) is 0 Å². The van der Waals surface area contributed by atoms with E-state index in [4.69, 9.17) is 14.2 Å². The van der Waals surface area contributed by atoms with Crippen molar-refractivity contribution in [2.45, 2.75) is 25.9 Å². The monoisotopic (exact) mass is 234 g/mol. The molecule has 0 heterocycles. The molecule has 88 valence electrons. The smallest absolute Gasteiger partial charge is 0.338 e. The van der Waals surface area contributed by atoms with E-state index in [0.29, 0.717) is 19.6 Å². The molecule has 1 atom stereocenters. The first-order valence-electron chi connectivity index (χ1n) is 5.00. The summed E-state index contributed by atoms with van der Waals surface area (Å²) in [7, 11) is -3.18. The van der Waals surface area contributed by atoms with Crippen molar-refractivity contribution >= 4 is 7.60 Å². The Hall–Kier alpha value is -0.370. The van der Waals surface area contributed by atoms with Gasteiger partial charge in [-0.2, -0.15) is 0 Å². The van der Waals surface area contributed by atoms with Gasteiger partial charge in [0.15, 0.2) is 0 Å². The zero-order chi connectivity index (χ0) is 11.7. The number of aliphatic hydroxyl groups excluding tert-OH is 1. The van der Waals surface area contributed by atoms with Gasteiger partial charge in [-0.1, -0.05) is 6.58 Å². The first-order chi connectivity index (χ1) is 7.14. The summed E-state index contributed by atoms with van der Waals surface area (Å²) in [6.07, 6.45) is 1.85. The summed E-state index contributed by atoms with van der Waals surface area (Å²) in [6, 6.07) is 0. The van der Waals surface area contributed by atoms with E-state index >= 15 is 0 Å². The summed E-state index contributed by atoms with van der Waals surface area (Å²) < 4.78 is 22.6. The molecule has 0 aromatic carbocycles. The van der Waals surface area contributed by atoms with Crippen LogP contribution >= 0.6 is 7.60 Å². The lowest BCUT2D eigenvalue weighted by Gasteiger charge is -2.22. The Bertz CT molecular complexity index is 248. The van der Waals surface area contributed by atoms with Crippen LogP contribution in [0.15, 0.2) is 18.4 Å². The van der Waals surface area contributed by atoms with Crippen LogP contribution < -0.4 is 0 Å². The standard InChI is InChI=1S/C10H19O4P/c1-4-7-10(8-9-11)15(12,13-5-2)14-6-3/h7,10-11H,1,5-6,8-9H2,2-3H3. The molecule has 0 rings (SSSR count). The SMILES string of the molecule is C=C=CC(CCO)P(=O)(OCC)OCC. The Balaban J connectivity index is 4.80. The highest BCUT2D eigenvalue weighted by molar-refractivity contribution is 7.54. The van der Waals surface area contributed by atoms with Crippen molar-refractivity contribution < 1.29 is 18.7 Å². The van der Waals surface area contributed by atoms with E-state index in [1.165, 1.54) is 6.08 Å². The fraction of sp³-hybridized carbons (Fsp3) is 0.700. The van der Waals surface area contributed by atoms with Crippen molar-refractivity contribution in [3.63, 3.8) is 0 Å². The highest BCUT2D eigenvalue weighted by Gasteiger charge is 2.33. The van der Waals surface area contributed by atoms with Crippen LogP contribution in [-0.4, -0.2) is 30.6 Å². The van der Waals surface area contributed by atoms with Crippen molar-refractivity contribution in [2.75, 3.05) is 19.8 Å². The number of allylic oxidation sites excluding steroid dienone is 1. The van der Waals surface area contributed by atoms with E-state index in [0.717, 1.165) is 0 Å². The molecule has 0 saturated heterocycles. The second-order valence-corrected chi connectivity index (χ2v) is 5.09. The summed E-state index contributed by atoms with van der Waals surface area (Å²) in [5.41, 5.74) is 2.08. The first-order valence-corrected chi connectivity index (χ1v) is 6.61. The third kappa shape index (κ3) is 4.78. The summed E-state index contributed by atoms with van der Waals surface area (Å²) in [5, 5.41) is 8.86. The van der Waals surface area contributed by atoms with E-state index in [2.05, 4.69) is 12.3 Å². The fourth-order valence-electron chi connectivity index (χ4n) is 1.19. The van der Waals surface area contributed by atoms with Crippen molar-refractivity contribution in [2.24, 2.45) is 0 Å². The van der Waals surface area contributed by atoms with Crippen LogP contribution in [0.25, 0.3) is 0 Å². The maximum Gasteiger partial charge on any atom is 0.338 e. The molecule has 15 heavy (non-hydrogen) atoms. The van der Waals surface area contributed by atoms with Crippen LogP contribution in [0, 0.1) is 0 Å². The molecule has 0 radical (unpaired) electrons. The minimum Gasteiger partial charge on any atom is -0.396 e. The molecule has 4 nitrogen and oxygen atoms in total. The molecule has 0 aromatic heterocycles. The molecule has 0 bridgehead atoms. The third-order valence-corrected chi connectivity index (χ3v) is 4.22. The van der Waals surface area contributed by atoms with E-state index in [-0.39, 0.29) is 6.61 Å². The summed E-state index contributed by atoms with van der Waals surface area (Å²) in [6.45, 7) is 7.46. The quantitative estimate of drug-likeness (QED) is 0.517. The van der Waals surface area contributed by atoms with Crippen molar-refractivity contribution in [3.8, 4) is 0 Å². The minimum atomic E-state index is -3.18. The molecule has 0 amide bonds. The van der Waals surface area contributed by atoms with Gasteiger partial charge in [-0.25, -0.2) is 0 Å². The normalized spacial score (nSPS) is 13.3. The lowest BCUT2D eigenvalue weighted by Crippen LogP contribution is -2.12. The Morgan fingerprint density at radius 2 is 2.00 bits per heavy atom. The molecule has 0 aliphatic rings. The van der Waals surface area contributed by atoms with Crippen LogP contribution in [0.3, 0.4) is 0 Å². The maximum absolute atomic E-state index is 12.2. The van der Waals surface area contributed by atoms with Crippen molar-refractivity contribution in [1.82, 2.24) is 0 Å². The van der Waals surface area contributed by atoms with Gasteiger partial charge in [0.2, 0.25) is 0 Å². The van der Waals surface area contributed by atoms with Crippen LogP contribution in [0.4, 0.5) is 0 Å². The molecular weight excluding hydrogens is 215 g/mol. The highest BCUT2D eigenvalue weighted by atomic mass is 31.2. The van der Waals surface area contributed by atoms with E-state index < -0.39 is 13.3 Å². The van der Waals surface area contributed by atoms with E-state index in [1.54, 1.807) is 13.8 Å². The molecule has 0 aromatic rings. The molecule has 0 fully saturated rings. The lowest BCUT2D eigenvalue weighted by atomic mass is 10.3. The molecular formula is C10H19O4P. The predicted octanol–water partition coefficient (Wildman–Crippen LogP) is 2.34. The average Bonchev–Trinajstić information content (AvgIpc) is 2.18. The maximum atomic E-state index is 12.2. The zero-order valence-corrected chi connectivity index (χ0v) is 10.2. The van der Waals surface area contributed by atoms with Gasteiger partial charge >= 0.3 is 7.60 Å². The van der Waals surface area contributed by atoms with E-state index in [9.17, 15) is 4.57 Å². The first kappa shape index (κ1) is 14.6. The second-order valence-electron chi connectivity index (χ2n) is 2.83. The van der Waals surface area contributed by atoms with Gasteiger partial charge in [0.1, 0.15) is 0 Å². The van der Waals surface area contributed by atoms with Crippen molar-refractivity contribution in [3.05, 3.63) is 18.4 Å². The number of aliphatic hydroxyl groups is 1. The van der Waals surface area contributed by atoms with Gasteiger partial charge in [0.25, 0.3) is 0 Å². The molecule has 0 spiro atoms. The molecule has 1 unspecified atom stereocenters. The Morgan fingerprint density at radius 3 is 2.33 bits per heavy atom. The Labute approximate surface area is 91.1 Å². The third-order valence-electron chi connectivity index (χ3n) is 1.76. The Morgan fingerprint density at radius 1 is 1.47 bits per heavy atom. The number of hydrogen-bond acceptors (Lipinski definition) is 4. The second kappa shape index (κ2) is 7.86. The minimum absolute atomic E-state index is 0.0764. The van der Waals surface area contributed by atoms with Gasteiger partial charge in [0, 0.05) is 6.61 Å². The lowest BCUT2D eigenvalue weighted by molar-refractivity contribution is 0.208. The van der Waals surface area contributed by atoms with Gasteiger partial charge in [-0.15, -0.1) is 5.73 Å². The molecule has 0 aliphatic heterocycles. The number of rotatable bonds is 8. The summed E-state index contributed by atoms with van der Waals surface area (Å²) in [4.78, 5) is 0. The number of hydrogen-bond donors (Lipinski definition) is 1.